The van der Waals surface area contributed by atoms with Gasteiger partial charge in [0, 0.05) is 0 Å². The van der Waals surface area contributed by atoms with Crippen molar-refractivity contribution in [3.63, 3.8) is 0 Å². The minimum absolute atomic E-state index is 0.524. The second-order valence-electron chi connectivity index (χ2n) is 4.57. The van der Waals surface area contributed by atoms with Crippen molar-refractivity contribution in [1.82, 2.24) is 5.43 Å². The molecule has 1 aromatic carbocycles. The van der Waals surface area contributed by atoms with E-state index in [0.717, 1.165) is 11.1 Å². The van der Waals surface area contributed by atoms with E-state index < -0.39 is 11.5 Å². The molecule has 1 aromatic rings. The van der Waals surface area contributed by atoms with E-state index in [1.807, 2.05) is 31.2 Å². The number of carbonyl (C=O) groups excluding carboxylic acids is 1. The van der Waals surface area contributed by atoms with Gasteiger partial charge in [-0.1, -0.05) is 29.8 Å². The molecule has 0 heterocycles. The minimum Gasteiger partial charge on any atom is -0.381 e. The Morgan fingerprint density at radius 3 is 2.59 bits per heavy atom. The van der Waals surface area contributed by atoms with Crippen LogP contribution in [0.2, 0.25) is 0 Å². The minimum atomic E-state index is -1.42. The summed E-state index contributed by atoms with van der Waals surface area (Å²) in [4.78, 5) is 11.4. The van der Waals surface area contributed by atoms with Gasteiger partial charge in [0.15, 0.2) is 0 Å². The lowest BCUT2D eigenvalue weighted by Crippen LogP contribution is -2.39. The number of carbonyl (C=O) groups is 1. The quantitative estimate of drug-likeness (QED) is 0.616. The van der Waals surface area contributed by atoms with Crippen LogP contribution >= 0.6 is 0 Å². The van der Waals surface area contributed by atoms with E-state index >= 15 is 0 Å². The first-order valence-corrected chi connectivity index (χ1v) is 5.45. The van der Waals surface area contributed by atoms with Crippen LogP contribution in [0, 0.1) is 6.92 Å². The number of rotatable bonds is 3. The summed E-state index contributed by atoms with van der Waals surface area (Å²) in [5, 5.41) is 13.4. The molecule has 17 heavy (non-hydrogen) atoms. The summed E-state index contributed by atoms with van der Waals surface area (Å²) in [6.45, 7) is 6.63. The van der Waals surface area contributed by atoms with Crippen LogP contribution in [0.4, 0.5) is 0 Å². The molecule has 0 aliphatic heterocycles. The topological polar surface area (TPSA) is 61.7 Å². The molecule has 0 aliphatic carbocycles. The van der Waals surface area contributed by atoms with Crippen molar-refractivity contribution in [2.75, 3.05) is 0 Å². The van der Waals surface area contributed by atoms with Crippen molar-refractivity contribution in [2.24, 2.45) is 5.10 Å². The van der Waals surface area contributed by atoms with Crippen LogP contribution in [-0.2, 0) is 4.79 Å². The molecule has 0 aliphatic rings. The molecule has 2 N–H and O–H groups in total. The Balaban J connectivity index is 2.77. The van der Waals surface area contributed by atoms with E-state index in [-0.39, 0.29) is 0 Å². The molecule has 0 bridgehead atoms. The average Bonchev–Trinajstić information content (AvgIpc) is 2.24. The maximum absolute atomic E-state index is 11.4. The maximum atomic E-state index is 11.4. The summed E-state index contributed by atoms with van der Waals surface area (Å²) in [5.74, 6) is -0.524. The summed E-state index contributed by atoms with van der Waals surface area (Å²) < 4.78 is 0. The summed E-state index contributed by atoms with van der Waals surface area (Å²) in [6, 6.07) is 7.82. The lowest BCUT2D eigenvalue weighted by Gasteiger charge is -2.14. The molecule has 1 amide bonds. The molecule has 92 valence electrons. The Hall–Kier alpha value is -1.68. The van der Waals surface area contributed by atoms with Gasteiger partial charge in [0.1, 0.15) is 5.60 Å². The number of hydrogen-bond acceptors (Lipinski definition) is 3. The van der Waals surface area contributed by atoms with E-state index in [4.69, 9.17) is 0 Å². The molecule has 0 atom stereocenters. The molecule has 1 rings (SSSR count). The lowest BCUT2D eigenvalue weighted by atomic mass is 10.1. The van der Waals surface area contributed by atoms with Crippen LogP contribution in [0.5, 0.6) is 0 Å². The molecule has 0 fully saturated rings. The van der Waals surface area contributed by atoms with Gasteiger partial charge >= 0.3 is 0 Å². The fourth-order valence-corrected chi connectivity index (χ4v) is 1.21. The third kappa shape index (κ3) is 4.00. The van der Waals surface area contributed by atoms with Gasteiger partial charge in [-0.15, -0.1) is 0 Å². The van der Waals surface area contributed by atoms with Gasteiger partial charge in [-0.2, -0.15) is 5.10 Å². The number of nitrogens with zero attached hydrogens (tertiary/aromatic N) is 1. The highest BCUT2D eigenvalue weighted by molar-refractivity contribution is 5.99. The third-order valence-electron chi connectivity index (χ3n) is 2.32. The second-order valence-corrected chi connectivity index (χ2v) is 4.57. The van der Waals surface area contributed by atoms with Crippen molar-refractivity contribution >= 4 is 11.6 Å². The van der Waals surface area contributed by atoms with E-state index in [1.165, 1.54) is 13.8 Å². The zero-order valence-electron chi connectivity index (χ0n) is 10.6. The van der Waals surface area contributed by atoms with Crippen LogP contribution < -0.4 is 5.43 Å². The highest BCUT2D eigenvalue weighted by Crippen LogP contribution is 2.05. The zero-order chi connectivity index (χ0) is 13.1. The monoisotopic (exact) mass is 234 g/mol. The van der Waals surface area contributed by atoms with E-state index in [2.05, 4.69) is 10.5 Å². The normalized spacial score (nSPS) is 12.4. The van der Waals surface area contributed by atoms with Gasteiger partial charge < -0.3 is 5.11 Å². The predicted molar refractivity (Wildman–Crippen MR) is 67.8 cm³/mol. The number of hydrogen-bond donors (Lipinski definition) is 2. The fourth-order valence-electron chi connectivity index (χ4n) is 1.21. The first kappa shape index (κ1) is 13.4. The highest BCUT2D eigenvalue weighted by atomic mass is 16.3. The van der Waals surface area contributed by atoms with Gasteiger partial charge in [-0.05, 0) is 33.3 Å². The van der Waals surface area contributed by atoms with Gasteiger partial charge in [-0.25, -0.2) is 5.43 Å². The smallest absolute Gasteiger partial charge is 0.271 e. The Kier molecular flexibility index (Phi) is 4.02. The van der Waals surface area contributed by atoms with Crippen LogP contribution in [-0.4, -0.2) is 22.3 Å². The third-order valence-corrected chi connectivity index (χ3v) is 2.32. The highest BCUT2D eigenvalue weighted by Gasteiger charge is 2.23. The molecule has 0 unspecified atom stereocenters. The van der Waals surface area contributed by atoms with Crippen LogP contribution in [0.3, 0.4) is 0 Å². The molecular weight excluding hydrogens is 216 g/mol. The largest absolute Gasteiger partial charge is 0.381 e. The SMILES string of the molecule is CC(=NNC(=O)C(C)(C)O)c1cccc(C)c1. The van der Waals surface area contributed by atoms with Gasteiger partial charge in [0.2, 0.25) is 0 Å². The Bertz CT molecular complexity index is 445. The molecule has 0 saturated heterocycles. The van der Waals surface area contributed by atoms with E-state index in [0.29, 0.717) is 5.71 Å². The Morgan fingerprint density at radius 2 is 2.06 bits per heavy atom. The van der Waals surface area contributed by atoms with E-state index in [9.17, 15) is 9.90 Å². The molecule has 4 heteroatoms. The predicted octanol–water partition coefficient (Wildman–Crippen LogP) is 1.61. The average molecular weight is 234 g/mol. The first-order chi connectivity index (χ1) is 7.80. The van der Waals surface area contributed by atoms with Crippen molar-refractivity contribution in [3.8, 4) is 0 Å². The van der Waals surface area contributed by atoms with Crippen molar-refractivity contribution < 1.29 is 9.90 Å². The first-order valence-electron chi connectivity index (χ1n) is 5.45. The Labute approximate surface area is 101 Å². The van der Waals surface area contributed by atoms with Crippen molar-refractivity contribution in [2.45, 2.75) is 33.3 Å². The van der Waals surface area contributed by atoms with Crippen molar-refractivity contribution in [1.29, 1.82) is 0 Å². The number of amides is 1. The van der Waals surface area contributed by atoms with Crippen LogP contribution in [0.25, 0.3) is 0 Å². The number of nitrogens with one attached hydrogen (secondary N) is 1. The number of aliphatic hydroxyl groups is 1. The fraction of sp³-hybridized carbons (Fsp3) is 0.385. The molecule has 0 radical (unpaired) electrons. The maximum Gasteiger partial charge on any atom is 0.271 e. The zero-order valence-corrected chi connectivity index (χ0v) is 10.6. The van der Waals surface area contributed by atoms with Crippen molar-refractivity contribution in [3.05, 3.63) is 35.4 Å². The molecule has 0 aromatic heterocycles. The number of aryl methyl sites for hydroxylation is 1. The number of benzene rings is 1. The van der Waals surface area contributed by atoms with Crippen LogP contribution in [0.15, 0.2) is 29.4 Å². The molecule has 0 saturated carbocycles. The van der Waals surface area contributed by atoms with E-state index in [1.54, 1.807) is 6.92 Å². The molecular formula is C13H18N2O2. The Morgan fingerprint density at radius 1 is 1.41 bits per heavy atom. The van der Waals surface area contributed by atoms with Crippen LogP contribution in [0.1, 0.15) is 31.9 Å². The lowest BCUT2D eigenvalue weighted by molar-refractivity contribution is -0.136. The molecule has 4 nitrogen and oxygen atoms in total. The van der Waals surface area contributed by atoms with Gasteiger partial charge in [0.05, 0.1) is 5.71 Å². The summed E-state index contributed by atoms with van der Waals surface area (Å²) in [7, 11) is 0. The summed E-state index contributed by atoms with van der Waals surface area (Å²) >= 11 is 0. The standard InChI is InChI=1S/C13H18N2O2/c1-9-6-5-7-11(8-9)10(2)14-15-12(16)13(3,4)17/h5-8,17H,1-4H3,(H,15,16). The number of hydrazone groups is 1. The summed E-state index contributed by atoms with van der Waals surface area (Å²) in [6.07, 6.45) is 0. The van der Waals surface area contributed by atoms with Gasteiger partial charge in [0.25, 0.3) is 5.91 Å². The van der Waals surface area contributed by atoms with Gasteiger partial charge in [-0.3, -0.25) is 4.79 Å². The molecule has 0 spiro atoms. The summed E-state index contributed by atoms with van der Waals surface area (Å²) in [5.41, 5.74) is 3.70. The second kappa shape index (κ2) is 5.10.